The Hall–Kier alpha value is -1.88. The van der Waals surface area contributed by atoms with Crippen molar-refractivity contribution < 1.29 is 17.6 Å². The van der Waals surface area contributed by atoms with E-state index in [2.05, 4.69) is 0 Å². The van der Waals surface area contributed by atoms with Crippen molar-refractivity contribution in [3.05, 3.63) is 71.0 Å². The van der Waals surface area contributed by atoms with Crippen LogP contribution < -0.4 is 5.73 Å². The fraction of sp³-hybridized carbons (Fsp3) is 0.200. The summed E-state index contributed by atoms with van der Waals surface area (Å²) in [7, 11) is 0. The lowest BCUT2D eigenvalue weighted by Gasteiger charge is -2.14. The summed E-state index contributed by atoms with van der Waals surface area (Å²) in [6.45, 7) is 0. The third kappa shape index (κ3) is 3.57. The van der Waals surface area contributed by atoms with Crippen LogP contribution in [0.1, 0.15) is 22.7 Å². The van der Waals surface area contributed by atoms with Gasteiger partial charge in [0.25, 0.3) is 0 Å². The molecule has 2 rings (SSSR count). The van der Waals surface area contributed by atoms with Gasteiger partial charge in [-0.25, -0.2) is 4.39 Å². The van der Waals surface area contributed by atoms with Crippen molar-refractivity contribution in [3.63, 3.8) is 0 Å². The van der Waals surface area contributed by atoms with Gasteiger partial charge in [0, 0.05) is 6.04 Å². The molecule has 0 saturated carbocycles. The zero-order valence-corrected chi connectivity index (χ0v) is 10.5. The van der Waals surface area contributed by atoms with Crippen LogP contribution in [0.25, 0.3) is 0 Å². The fourth-order valence-corrected chi connectivity index (χ4v) is 1.98. The predicted molar refractivity (Wildman–Crippen MR) is 68.5 cm³/mol. The van der Waals surface area contributed by atoms with Gasteiger partial charge in [0.1, 0.15) is 5.82 Å². The van der Waals surface area contributed by atoms with Crippen LogP contribution in [0.15, 0.2) is 48.5 Å². The maximum absolute atomic E-state index is 13.1. The Balaban J connectivity index is 2.19. The smallest absolute Gasteiger partial charge is 0.324 e. The SMILES string of the molecule is N[C@H](Cc1cccc(F)c1)c1cccc(C(F)(F)F)c1. The fourth-order valence-electron chi connectivity index (χ4n) is 1.98. The van der Waals surface area contributed by atoms with Crippen LogP contribution in [0, 0.1) is 5.82 Å². The van der Waals surface area contributed by atoms with Crippen LogP contribution in [0.5, 0.6) is 0 Å². The Labute approximate surface area is 114 Å². The van der Waals surface area contributed by atoms with Gasteiger partial charge in [0.15, 0.2) is 0 Å². The van der Waals surface area contributed by atoms with Gasteiger partial charge in [-0.2, -0.15) is 13.2 Å². The van der Waals surface area contributed by atoms with Crippen molar-refractivity contribution in [1.82, 2.24) is 0 Å². The van der Waals surface area contributed by atoms with Crippen LogP contribution in [-0.4, -0.2) is 0 Å². The van der Waals surface area contributed by atoms with Crippen LogP contribution in [0.3, 0.4) is 0 Å². The lowest BCUT2D eigenvalue weighted by molar-refractivity contribution is -0.137. The highest BCUT2D eigenvalue weighted by Gasteiger charge is 2.30. The molecule has 2 aromatic rings. The largest absolute Gasteiger partial charge is 0.416 e. The predicted octanol–water partition coefficient (Wildman–Crippen LogP) is 4.09. The zero-order chi connectivity index (χ0) is 14.8. The van der Waals surface area contributed by atoms with Crippen molar-refractivity contribution in [3.8, 4) is 0 Å². The Morgan fingerprint density at radius 1 is 1.00 bits per heavy atom. The molecule has 0 fully saturated rings. The van der Waals surface area contributed by atoms with Crippen molar-refractivity contribution in [2.45, 2.75) is 18.6 Å². The average molecular weight is 283 g/mol. The summed E-state index contributed by atoms with van der Waals surface area (Å²) < 4.78 is 50.9. The first-order valence-corrected chi connectivity index (χ1v) is 6.03. The first-order valence-electron chi connectivity index (χ1n) is 6.03. The van der Waals surface area contributed by atoms with Crippen LogP contribution in [-0.2, 0) is 12.6 Å². The quantitative estimate of drug-likeness (QED) is 0.844. The average Bonchev–Trinajstić information content (AvgIpc) is 2.38. The number of halogens is 4. The molecule has 0 amide bonds. The van der Waals surface area contributed by atoms with Gasteiger partial charge in [0.2, 0.25) is 0 Å². The highest BCUT2D eigenvalue weighted by atomic mass is 19.4. The minimum atomic E-state index is -4.39. The molecule has 0 aliphatic heterocycles. The van der Waals surface area contributed by atoms with Gasteiger partial charge < -0.3 is 5.73 Å². The molecule has 2 N–H and O–H groups in total. The van der Waals surface area contributed by atoms with Crippen LogP contribution >= 0.6 is 0 Å². The summed E-state index contributed by atoms with van der Waals surface area (Å²) in [5.41, 5.74) is 6.19. The summed E-state index contributed by atoms with van der Waals surface area (Å²) in [6, 6.07) is 10.1. The van der Waals surface area contributed by atoms with Gasteiger partial charge in [-0.3, -0.25) is 0 Å². The molecule has 0 spiro atoms. The minimum Gasteiger partial charge on any atom is -0.324 e. The molecule has 0 unspecified atom stereocenters. The van der Waals surface area contributed by atoms with Crippen molar-refractivity contribution in [2.75, 3.05) is 0 Å². The van der Waals surface area contributed by atoms with E-state index in [9.17, 15) is 17.6 Å². The summed E-state index contributed by atoms with van der Waals surface area (Å²) in [4.78, 5) is 0. The van der Waals surface area contributed by atoms with Crippen molar-refractivity contribution >= 4 is 0 Å². The number of nitrogens with two attached hydrogens (primary N) is 1. The van der Waals surface area contributed by atoms with E-state index >= 15 is 0 Å². The maximum atomic E-state index is 13.1. The number of alkyl halides is 3. The molecule has 0 bridgehead atoms. The van der Waals surface area contributed by atoms with E-state index in [1.54, 1.807) is 18.2 Å². The molecule has 0 radical (unpaired) electrons. The number of rotatable bonds is 3. The molecule has 0 aliphatic carbocycles. The second-order valence-corrected chi connectivity index (χ2v) is 4.56. The van der Waals surface area contributed by atoms with E-state index in [1.165, 1.54) is 18.2 Å². The normalized spacial score (nSPS) is 13.2. The Morgan fingerprint density at radius 2 is 1.70 bits per heavy atom. The topological polar surface area (TPSA) is 26.0 Å². The van der Waals surface area contributed by atoms with Crippen LogP contribution in [0.2, 0.25) is 0 Å². The number of hydrogen-bond donors (Lipinski definition) is 1. The monoisotopic (exact) mass is 283 g/mol. The standard InChI is InChI=1S/C15H13F4N/c16-13-6-1-3-10(7-13)8-14(20)11-4-2-5-12(9-11)15(17,18)19/h1-7,9,14H,8,20H2/t14-/m1/s1. The third-order valence-electron chi connectivity index (χ3n) is 2.99. The maximum Gasteiger partial charge on any atom is 0.416 e. The van der Waals surface area contributed by atoms with E-state index in [0.717, 1.165) is 12.1 Å². The van der Waals surface area contributed by atoms with Gasteiger partial charge >= 0.3 is 6.18 Å². The first kappa shape index (κ1) is 14.5. The summed E-state index contributed by atoms with van der Waals surface area (Å²) in [5, 5.41) is 0. The molecule has 0 saturated heterocycles. The van der Waals surface area contributed by atoms with Gasteiger partial charge in [-0.05, 0) is 41.8 Å². The number of benzene rings is 2. The molecule has 1 atom stereocenters. The Morgan fingerprint density at radius 3 is 2.35 bits per heavy atom. The minimum absolute atomic E-state index is 0.277. The molecule has 1 nitrogen and oxygen atoms in total. The summed E-state index contributed by atoms with van der Waals surface area (Å²) >= 11 is 0. The summed E-state index contributed by atoms with van der Waals surface area (Å²) in [5.74, 6) is -0.390. The summed E-state index contributed by atoms with van der Waals surface area (Å²) in [6.07, 6.45) is -4.12. The van der Waals surface area contributed by atoms with E-state index in [0.29, 0.717) is 11.1 Å². The van der Waals surface area contributed by atoms with Crippen molar-refractivity contribution in [2.24, 2.45) is 5.73 Å². The van der Waals surface area contributed by atoms with E-state index in [-0.39, 0.29) is 6.42 Å². The molecular formula is C15H13F4N. The molecule has 0 heterocycles. The van der Waals surface area contributed by atoms with E-state index in [1.807, 2.05) is 0 Å². The second-order valence-electron chi connectivity index (χ2n) is 4.56. The molecular weight excluding hydrogens is 270 g/mol. The van der Waals surface area contributed by atoms with Gasteiger partial charge in [-0.15, -0.1) is 0 Å². The van der Waals surface area contributed by atoms with Gasteiger partial charge in [-0.1, -0.05) is 24.3 Å². The zero-order valence-electron chi connectivity index (χ0n) is 10.5. The molecule has 0 aromatic heterocycles. The number of hydrogen-bond acceptors (Lipinski definition) is 1. The molecule has 20 heavy (non-hydrogen) atoms. The first-order chi connectivity index (χ1) is 9.36. The molecule has 0 aliphatic rings. The van der Waals surface area contributed by atoms with Gasteiger partial charge in [0.05, 0.1) is 5.56 Å². The molecule has 5 heteroatoms. The lowest BCUT2D eigenvalue weighted by Crippen LogP contribution is -2.15. The van der Waals surface area contributed by atoms with Crippen molar-refractivity contribution in [1.29, 1.82) is 0 Å². The van der Waals surface area contributed by atoms with E-state index < -0.39 is 23.6 Å². The molecule has 2 aromatic carbocycles. The molecule has 106 valence electrons. The third-order valence-corrected chi connectivity index (χ3v) is 2.99. The highest BCUT2D eigenvalue weighted by molar-refractivity contribution is 5.29. The Bertz CT molecular complexity index is 592. The second kappa shape index (κ2) is 5.63. The van der Waals surface area contributed by atoms with Crippen LogP contribution in [0.4, 0.5) is 17.6 Å². The lowest BCUT2D eigenvalue weighted by atomic mass is 9.98. The highest BCUT2D eigenvalue weighted by Crippen LogP contribution is 2.30. The van der Waals surface area contributed by atoms with E-state index in [4.69, 9.17) is 5.73 Å². The Kier molecular flexibility index (Phi) is 4.09.